The van der Waals surface area contributed by atoms with Crippen molar-refractivity contribution >= 4 is 23.1 Å². The van der Waals surface area contributed by atoms with Crippen molar-refractivity contribution in [2.24, 2.45) is 0 Å². The summed E-state index contributed by atoms with van der Waals surface area (Å²) in [4.78, 5) is 8.88. The number of aromatic nitrogens is 1. The van der Waals surface area contributed by atoms with Crippen LogP contribution in [0.1, 0.15) is 6.92 Å². The van der Waals surface area contributed by atoms with Crippen LogP contribution in [0.25, 0.3) is 0 Å². The number of hydrogen-bond donors (Lipinski definition) is 1. The molecule has 0 radical (unpaired) electrons. The van der Waals surface area contributed by atoms with Gasteiger partial charge in [0.15, 0.2) is 0 Å². The molecule has 5 heteroatoms. The quantitative estimate of drug-likeness (QED) is 0.755. The molecule has 1 aliphatic rings. The molecule has 0 aromatic carbocycles. The lowest BCUT2D eigenvalue weighted by molar-refractivity contribution is 0.233. The molecule has 1 atom stereocenters. The Kier molecular flexibility index (Phi) is 3.21. The molecule has 2 N–H and O–H groups in total. The van der Waals surface area contributed by atoms with Gasteiger partial charge in [-0.2, -0.15) is 0 Å². The minimum atomic E-state index is 0.460. The summed E-state index contributed by atoms with van der Waals surface area (Å²) in [7, 11) is 2.14. The van der Waals surface area contributed by atoms with Crippen molar-refractivity contribution in [3.8, 4) is 0 Å². The molecule has 1 unspecified atom stereocenters. The van der Waals surface area contributed by atoms with Crippen LogP contribution in [-0.4, -0.2) is 42.6 Å². The number of likely N-dealkylation sites (N-methyl/N-ethyl adjacent to an activating group) is 1. The zero-order chi connectivity index (χ0) is 11.7. The summed E-state index contributed by atoms with van der Waals surface area (Å²) in [5.74, 6) is 0.880. The fourth-order valence-corrected chi connectivity index (χ4v) is 2.13. The normalized spacial score (nSPS) is 22.4. The number of rotatable bonds is 1. The van der Waals surface area contributed by atoms with Gasteiger partial charge < -0.3 is 15.5 Å². The molecule has 0 aliphatic carbocycles. The molecule has 0 saturated carbocycles. The molecular formula is C11H17ClN4. The highest BCUT2D eigenvalue weighted by Gasteiger charge is 2.21. The molecule has 2 rings (SSSR count). The summed E-state index contributed by atoms with van der Waals surface area (Å²) in [6.45, 7) is 5.17. The first-order chi connectivity index (χ1) is 7.56. The van der Waals surface area contributed by atoms with E-state index in [-0.39, 0.29) is 0 Å². The van der Waals surface area contributed by atoms with Gasteiger partial charge in [-0.1, -0.05) is 11.6 Å². The van der Waals surface area contributed by atoms with Crippen LogP contribution in [0.5, 0.6) is 0 Å². The Morgan fingerprint density at radius 2 is 2.19 bits per heavy atom. The van der Waals surface area contributed by atoms with Crippen LogP contribution in [0, 0.1) is 0 Å². The third kappa shape index (κ3) is 2.39. The van der Waals surface area contributed by atoms with Gasteiger partial charge in [-0.05, 0) is 20.0 Å². The van der Waals surface area contributed by atoms with Crippen LogP contribution >= 0.6 is 11.6 Å². The molecule has 1 fully saturated rings. The highest BCUT2D eigenvalue weighted by atomic mass is 35.5. The van der Waals surface area contributed by atoms with Gasteiger partial charge in [-0.25, -0.2) is 4.98 Å². The molecule has 4 nitrogen and oxygen atoms in total. The van der Waals surface area contributed by atoms with Crippen molar-refractivity contribution in [3.63, 3.8) is 0 Å². The molecule has 0 spiro atoms. The fourth-order valence-electron chi connectivity index (χ4n) is 1.92. The van der Waals surface area contributed by atoms with Crippen LogP contribution in [0.4, 0.5) is 11.5 Å². The molecular weight excluding hydrogens is 224 g/mol. The van der Waals surface area contributed by atoms with Gasteiger partial charge in [0.25, 0.3) is 0 Å². The number of piperazine rings is 1. The van der Waals surface area contributed by atoms with Crippen molar-refractivity contribution in [2.75, 3.05) is 37.3 Å². The van der Waals surface area contributed by atoms with E-state index in [1.807, 2.05) is 6.07 Å². The van der Waals surface area contributed by atoms with E-state index in [0.717, 1.165) is 25.5 Å². The second kappa shape index (κ2) is 4.47. The zero-order valence-corrected chi connectivity index (χ0v) is 10.4. The Morgan fingerprint density at radius 3 is 2.81 bits per heavy atom. The predicted molar refractivity (Wildman–Crippen MR) is 68.0 cm³/mol. The lowest BCUT2D eigenvalue weighted by Gasteiger charge is -2.38. The van der Waals surface area contributed by atoms with E-state index in [4.69, 9.17) is 17.3 Å². The summed E-state index contributed by atoms with van der Waals surface area (Å²) in [5, 5.41) is 0.460. The summed E-state index contributed by atoms with van der Waals surface area (Å²) in [6, 6.07) is 4.07. The van der Waals surface area contributed by atoms with E-state index >= 15 is 0 Å². The number of halogens is 1. The van der Waals surface area contributed by atoms with Crippen LogP contribution in [0.3, 0.4) is 0 Å². The summed E-state index contributed by atoms with van der Waals surface area (Å²) >= 11 is 5.91. The van der Waals surface area contributed by atoms with Crippen molar-refractivity contribution < 1.29 is 0 Å². The molecule has 16 heavy (non-hydrogen) atoms. The molecule has 1 aromatic heterocycles. The van der Waals surface area contributed by atoms with E-state index < -0.39 is 0 Å². The van der Waals surface area contributed by atoms with Crippen LogP contribution in [0.2, 0.25) is 5.15 Å². The smallest absolute Gasteiger partial charge is 0.133 e. The minimum absolute atomic E-state index is 0.460. The average molecular weight is 241 g/mol. The first kappa shape index (κ1) is 11.5. The number of hydrogen-bond acceptors (Lipinski definition) is 4. The fraction of sp³-hybridized carbons (Fsp3) is 0.545. The third-order valence-electron chi connectivity index (χ3n) is 3.09. The van der Waals surface area contributed by atoms with E-state index in [1.165, 1.54) is 0 Å². The van der Waals surface area contributed by atoms with Crippen LogP contribution in [0.15, 0.2) is 12.1 Å². The third-order valence-corrected chi connectivity index (χ3v) is 3.28. The van der Waals surface area contributed by atoms with E-state index in [1.54, 1.807) is 6.07 Å². The van der Waals surface area contributed by atoms with Gasteiger partial charge in [-0.3, -0.25) is 0 Å². The number of nitrogens with two attached hydrogens (primary N) is 1. The maximum atomic E-state index is 5.91. The number of pyridine rings is 1. The molecule has 0 bridgehead atoms. The highest BCUT2D eigenvalue weighted by molar-refractivity contribution is 6.29. The molecule has 1 aromatic rings. The van der Waals surface area contributed by atoms with Crippen LogP contribution in [-0.2, 0) is 0 Å². The average Bonchev–Trinajstić information content (AvgIpc) is 2.20. The second-order valence-corrected chi connectivity index (χ2v) is 4.74. The van der Waals surface area contributed by atoms with Gasteiger partial charge in [0.1, 0.15) is 11.0 Å². The minimum Gasteiger partial charge on any atom is -0.399 e. The van der Waals surface area contributed by atoms with Crippen molar-refractivity contribution in [3.05, 3.63) is 17.3 Å². The first-order valence-electron chi connectivity index (χ1n) is 5.44. The molecule has 88 valence electrons. The van der Waals surface area contributed by atoms with Gasteiger partial charge in [0.2, 0.25) is 0 Å². The molecule has 1 aliphatic heterocycles. The van der Waals surface area contributed by atoms with Crippen LogP contribution < -0.4 is 10.6 Å². The van der Waals surface area contributed by atoms with Crippen molar-refractivity contribution in [1.82, 2.24) is 9.88 Å². The van der Waals surface area contributed by atoms with Gasteiger partial charge in [-0.15, -0.1) is 0 Å². The van der Waals surface area contributed by atoms with Crippen molar-refractivity contribution in [2.45, 2.75) is 13.0 Å². The zero-order valence-electron chi connectivity index (χ0n) is 9.65. The predicted octanol–water partition coefficient (Wildman–Crippen LogP) is 1.46. The standard InChI is InChI=1S/C11H17ClN4/c1-8-7-16(4-3-15(8)2)11-6-9(13)5-10(12)14-11/h5-6,8H,3-4,7H2,1-2H3,(H2,13,14). The SMILES string of the molecule is CC1CN(c2cc(N)cc(Cl)n2)CCN1C. The van der Waals surface area contributed by atoms with E-state index in [0.29, 0.717) is 16.9 Å². The van der Waals surface area contributed by atoms with Gasteiger partial charge in [0, 0.05) is 37.4 Å². The topological polar surface area (TPSA) is 45.4 Å². The molecule has 1 saturated heterocycles. The van der Waals surface area contributed by atoms with E-state index in [2.05, 4.69) is 28.8 Å². The Labute approximate surface area is 101 Å². The maximum absolute atomic E-state index is 5.91. The number of anilines is 2. The Morgan fingerprint density at radius 1 is 1.44 bits per heavy atom. The molecule has 0 amide bonds. The Balaban J connectivity index is 2.18. The maximum Gasteiger partial charge on any atom is 0.133 e. The highest BCUT2D eigenvalue weighted by Crippen LogP contribution is 2.21. The molecule has 2 heterocycles. The second-order valence-electron chi connectivity index (χ2n) is 4.36. The van der Waals surface area contributed by atoms with Gasteiger partial charge in [0.05, 0.1) is 0 Å². The van der Waals surface area contributed by atoms with Gasteiger partial charge >= 0.3 is 0 Å². The lowest BCUT2D eigenvalue weighted by Crippen LogP contribution is -2.50. The lowest BCUT2D eigenvalue weighted by atomic mass is 10.2. The Bertz CT molecular complexity index is 362. The summed E-state index contributed by atoms with van der Waals surface area (Å²) < 4.78 is 0. The Hall–Kier alpha value is -1.00. The summed E-state index contributed by atoms with van der Waals surface area (Å²) in [6.07, 6.45) is 0. The number of nitrogens with zero attached hydrogens (tertiary/aromatic N) is 3. The van der Waals surface area contributed by atoms with E-state index in [9.17, 15) is 0 Å². The monoisotopic (exact) mass is 240 g/mol. The summed E-state index contributed by atoms with van der Waals surface area (Å²) in [5.41, 5.74) is 6.43. The van der Waals surface area contributed by atoms with Crippen molar-refractivity contribution in [1.29, 1.82) is 0 Å². The first-order valence-corrected chi connectivity index (χ1v) is 5.82. The number of nitrogen functional groups attached to an aromatic ring is 1. The largest absolute Gasteiger partial charge is 0.399 e.